The van der Waals surface area contributed by atoms with Gasteiger partial charge < -0.3 is 19.5 Å². The summed E-state index contributed by atoms with van der Waals surface area (Å²) in [7, 11) is 0. The standard InChI is InChI=1S/C23H23ClN2O7S/c1-34-11-10-16(25-21(28)14-6-2-3-7-15(14)24)23(30)32-13-20(27)26-22(29)19-12-31-17-8-4-5-9-18(17)33-19/h2-9,16,19H,10-13H2,1H3,(H,25,28)(H,26,27,29)/t16-,19-/m1/s1. The van der Waals surface area contributed by atoms with Crippen molar-refractivity contribution in [2.75, 3.05) is 25.2 Å². The van der Waals surface area contributed by atoms with Crippen molar-refractivity contribution in [3.05, 3.63) is 59.1 Å². The summed E-state index contributed by atoms with van der Waals surface area (Å²) in [5.74, 6) is -1.44. The van der Waals surface area contributed by atoms with Crippen molar-refractivity contribution in [2.45, 2.75) is 18.6 Å². The first-order valence-electron chi connectivity index (χ1n) is 10.3. The van der Waals surface area contributed by atoms with Gasteiger partial charge in [0.1, 0.15) is 12.6 Å². The molecule has 0 bridgehead atoms. The van der Waals surface area contributed by atoms with Gasteiger partial charge in [-0.05, 0) is 42.7 Å². The number of esters is 1. The normalized spacial score (nSPS) is 15.1. The van der Waals surface area contributed by atoms with E-state index in [0.717, 1.165) is 0 Å². The first-order valence-corrected chi connectivity index (χ1v) is 12.1. The number of benzene rings is 2. The van der Waals surface area contributed by atoms with Crippen molar-refractivity contribution >= 4 is 47.1 Å². The van der Waals surface area contributed by atoms with Crippen LogP contribution in [0.25, 0.3) is 0 Å². The smallest absolute Gasteiger partial charge is 0.329 e. The number of nitrogens with one attached hydrogen (secondary N) is 2. The first kappa shape index (κ1) is 25.4. The summed E-state index contributed by atoms with van der Waals surface area (Å²) in [5.41, 5.74) is 0.214. The molecule has 1 heterocycles. The van der Waals surface area contributed by atoms with E-state index in [-0.39, 0.29) is 23.6 Å². The number of hydrogen-bond donors (Lipinski definition) is 2. The van der Waals surface area contributed by atoms with Crippen molar-refractivity contribution < 1.29 is 33.4 Å². The topological polar surface area (TPSA) is 120 Å². The number of hydrogen-bond acceptors (Lipinski definition) is 8. The maximum Gasteiger partial charge on any atom is 0.329 e. The van der Waals surface area contributed by atoms with Crippen LogP contribution in [0.5, 0.6) is 11.5 Å². The molecule has 0 saturated heterocycles. The Kier molecular flexibility index (Phi) is 9.17. The van der Waals surface area contributed by atoms with Crippen LogP contribution in [0.1, 0.15) is 16.8 Å². The van der Waals surface area contributed by atoms with E-state index in [2.05, 4.69) is 10.6 Å². The Morgan fingerprint density at radius 3 is 2.56 bits per heavy atom. The number of fused-ring (bicyclic) bond motifs is 1. The highest BCUT2D eigenvalue weighted by Gasteiger charge is 2.29. The van der Waals surface area contributed by atoms with Gasteiger partial charge in [-0.3, -0.25) is 19.7 Å². The molecular weight excluding hydrogens is 484 g/mol. The zero-order chi connectivity index (χ0) is 24.5. The largest absolute Gasteiger partial charge is 0.485 e. The predicted octanol–water partition coefficient (Wildman–Crippen LogP) is 2.22. The minimum atomic E-state index is -1.03. The van der Waals surface area contributed by atoms with Crippen LogP contribution in [0.3, 0.4) is 0 Å². The van der Waals surface area contributed by atoms with E-state index in [0.29, 0.717) is 17.3 Å². The third-order valence-electron chi connectivity index (χ3n) is 4.73. The van der Waals surface area contributed by atoms with Crippen molar-refractivity contribution in [1.82, 2.24) is 10.6 Å². The molecule has 0 unspecified atom stereocenters. The second-order valence-corrected chi connectivity index (χ2v) is 8.56. The highest BCUT2D eigenvalue weighted by Crippen LogP contribution is 2.30. The van der Waals surface area contributed by atoms with Gasteiger partial charge in [-0.15, -0.1) is 0 Å². The van der Waals surface area contributed by atoms with Crippen molar-refractivity contribution in [1.29, 1.82) is 0 Å². The van der Waals surface area contributed by atoms with Gasteiger partial charge in [0.2, 0.25) is 6.10 Å². The van der Waals surface area contributed by atoms with Crippen LogP contribution in [0, 0.1) is 0 Å². The molecule has 1 aliphatic heterocycles. The zero-order valence-corrected chi connectivity index (χ0v) is 19.8. The van der Waals surface area contributed by atoms with Crippen LogP contribution >= 0.6 is 23.4 Å². The molecule has 2 aromatic carbocycles. The van der Waals surface area contributed by atoms with Crippen molar-refractivity contribution in [3.8, 4) is 11.5 Å². The lowest BCUT2D eigenvalue weighted by Crippen LogP contribution is -2.48. The van der Waals surface area contributed by atoms with E-state index < -0.39 is 42.4 Å². The van der Waals surface area contributed by atoms with E-state index in [1.807, 2.05) is 6.26 Å². The second kappa shape index (κ2) is 12.3. The van der Waals surface area contributed by atoms with Gasteiger partial charge >= 0.3 is 5.97 Å². The fraction of sp³-hybridized carbons (Fsp3) is 0.304. The highest BCUT2D eigenvalue weighted by atomic mass is 35.5. The van der Waals surface area contributed by atoms with Crippen LogP contribution in [0.4, 0.5) is 0 Å². The average molecular weight is 507 g/mol. The van der Waals surface area contributed by atoms with Crippen molar-refractivity contribution in [3.63, 3.8) is 0 Å². The van der Waals surface area contributed by atoms with Crippen LogP contribution < -0.4 is 20.1 Å². The van der Waals surface area contributed by atoms with Gasteiger partial charge in [0.15, 0.2) is 18.1 Å². The number of amides is 3. The summed E-state index contributed by atoms with van der Waals surface area (Å²) in [6.45, 7) is -0.771. The molecule has 3 amide bonds. The Morgan fingerprint density at radius 2 is 1.82 bits per heavy atom. The number of para-hydroxylation sites is 2. The van der Waals surface area contributed by atoms with E-state index in [4.69, 9.17) is 25.8 Å². The number of rotatable bonds is 9. The molecule has 0 spiro atoms. The molecule has 34 heavy (non-hydrogen) atoms. The van der Waals surface area contributed by atoms with Gasteiger partial charge in [0.25, 0.3) is 17.7 Å². The third kappa shape index (κ3) is 6.88. The Morgan fingerprint density at radius 1 is 1.12 bits per heavy atom. The molecule has 0 fully saturated rings. The van der Waals surface area contributed by atoms with Crippen LogP contribution in [0.15, 0.2) is 48.5 Å². The molecule has 0 aliphatic carbocycles. The zero-order valence-electron chi connectivity index (χ0n) is 18.2. The fourth-order valence-electron chi connectivity index (χ4n) is 3.01. The van der Waals surface area contributed by atoms with Crippen LogP contribution in [0.2, 0.25) is 5.02 Å². The quantitative estimate of drug-likeness (QED) is 0.497. The monoisotopic (exact) mass is 506 g/mol. The van der Waals surface area contributed by atoms with Crippen molar-refractivity contribution in [2.24, 2.45) is 0 Å². The molecular formula is C23H23ClN2O7S. The van der Waals surface area contributed by atoms with Gasteiger partial charge in [-0.25, -0.2) is 4.79 Å². The first-order chi connectivity index (χ1) is 16.4. The Balaban J connectivity index is 1.51. The minimum Gasteiger partial charge on any atom is -0.485 e. The number of imide groups is 1. The SMILES string of the molecule is CSCC[C@@H](NC(=O)c1ccccc1Cl)C(=O)OCC(=O)NC(=O)[C@H]1COc2ccccc2O1. The lowest BCUT2D eigenvalue weighted by molar-refractivity contribution is -0.152. The van der Waals surface area contributed by atoms with E-state index >= 15 is 0 Å². The van der Waals surface area contributed by atoms with Crippen LogP contribution in [-0.4, -0.2) is 61.1 Å². The molecule has 9 nitrogen and oxygen atoms in total. The molecule has 2 N–H and O–H groups in total. The predicted molar refractivity (Wildman–Crippen MR) is 126 cm³/mol. The number of thioether (sulfide) groups is 1. The maximum atomic E-state index is 12.5. The van der Waals surface area contributed by atoms with Gasteiger partial charge in [-0.2, -0.15) is 11.8 Å². The average Bonchev–Trinajstić information content (AvgIpc) is 2.84. The molecule has 180 valence electrons. The molecule has 0 radical (unpaired) electrons. The third-order valence-corrected chi connectivity index (χ3v) is 5.70. The number of carbonyl (C=O) groups is 4. The van der Waals surface area contributed by atoms with Gasteiger partial charge in [-0.1, -0.05) is 35.9 Å². The maximum absolute atomic E-state index is 12.5. The molecule has 3 rings (SSSR count). The Bertz CT molecular complexity index is 1070. The lowest BCUT2D eigenvalue weighted by atomic mass is 10.1. The second-order valence-electron chi connectivity index (χ2n) is 7.17. The van der Waals surface area contributed by atoms with Gasteiger partial charge in [0.05, 0.1) is 10.6 Å². The molecule has 1 aliphatic rings. The fourth-order valence-corrected chi connectivity index (χ4v) is 3.70. The summed E-state index contributed by atoms with van der Waals surface area (Å²) >= 11 is 7.53. The number of carbonyl (C=O) groups excluding carboxylic acids is 4. The van der Waals surface area contributed by atoms with Gasteiger partial charge in [0, 0.05) is 0 Å². The molecule has 2 aromatic rings. The number of ether oxygens (including phenoxy) is 3. The minimum absolute atomic E-state index is 0.0687. The summed E-state index contributed by atoms with van der Waals surface area (Å²) in [6, 6.07) is 12.3. The molecule has 11 heteroatoms. The van der Waals surface area contributed by atoms with E-state index in [1.54, 1.807) is 42.5 Å². The number of halogens is 1. The summed E-state index contributed by atoms with van der Waals surface area (Å²) in [4.78, 5) is 49.6. The summed E-state index contributed by atoms with van der Waals surface area (Å²) in [6.07, 6.45) is 1.11. The molecule has 2 atom stereocenters. The molecule has 0 aromatic heterocycles. The Hall–Kier alpha value is -3.24. The highest BCUT2D eigenvalue weighted by molar-refractivity contribution is 7.98. The summed E-state index contributed by atoms with van der Waals surface area (Å²) in [5, 5.41) is 4.95. The lowest BCUT2D eigenvalue weighted by Gasteiger charge is -2.25. The van der Waals surface area contributed by atoms with E-state index in [1.165, 1.54) is 17.8 Å². The van der Waals surface area contributed by atoms with E-state index in [9.17, 15) is 19.2 Å². The molecule has 0 saturated carbocycles. The van der Waals surface area contributed by atoms with Crippen LogP contribution in [-0.2, 0) is 19.1 Å². The summed E-state index contributed by atoms with van der Waals surface area (Å²) < 4.78 is 16.0. The Labute approximate surface area is 205 Å².